The second kappa shape index (κ2) is 5.31. The molecule has 0 aromatic rings. The van der Waals surface area contributed by atoms with Gasteiger partial charge in [-0.1, -0.05) is 0 Å². The molecule has 52 valence electrons. The van der Waals surface area contributed by atoms with E-state index < -0.39 is 6.16 Å². The summed E-state index contributed by atoms with van der Waals surface area (Å²) in [6.07, 6.45) is -0.270. The summed E-state index contributed by atoms with van der Waals surface area (Å²) in [6, 6.07) is 0. The zero-order valence-corrected chi connectivity index (χ0v) is 4.70. The van der Waals surface area contributed by atoms with Crippen LogP contribution in [0.4, 0.5) is 4.79 Å². The van der Waals surface area contributed by atoms with Crippen LogP contribution < -0.4 is 0 Å². The molecule has 0 heterocycles. The van der Waals surface area contributed by atoms with Crippen molar-refractivity contribution in [3.8, 4) is 0 Å². The quantitative estimate of drug-likeness (QED) is 0.304. The molecular formula is C5H2O5. The van der Waals surface area contributed by atoms with E-state index in [1.165, 1.54) is 0 Å². The van der Waals surface area contributed by atoms with Gasteiger partial charge in [-0.2, -0.15) is 0 Å². The molecule has 0 amide bonds. The maximum Gasteiger partial charge on any atom is 0.519 e. The Balaban J connectivity index is 3.63. The predicted molar refractivity (Wildman–Crippen MR) is 28.1 cm³/mol. The first kappa shape index (κ1) is 8.17. The molecule has 0 N–H and O–H groups in total. The van der Waals surface area contributed by atoms with Gasteiger partial charge in [-0.3, -0.25) is 0 Å². The van der Waals surface area contributed by atoms with Crippen molar-refractivity contribution in [1.82, 2.24) is 0 Å². The normalized spacial score (nSPS) is 6.40. The fourth-order valence-electron chi connectivity index (χ4n) is 0.172. The van der Waals surface area contributed by atoms with E-state index in [-0.39, 0.29) is 0 Å². The molecule has 5 nitrogen and oxygen atoms in total. The van der Waals surface area contributed by atoms with Crippen LogP contribution in [0.15, 0.2) is 12.5 Å². The molecule has 0 aliphatic carbocycles. The lowest BCUT2D eigenvalue weighted by Crippen LogP contribution is -1.97. The molecule has 0 saturated heterocycles. The Labute approximate surface area is 55.5 Å². The zero-order chi connectivity index (χ0) is 7.82. The van der Waals surface area contributed by atoms with E-state index in [9.17, 15) is 14.4 Å². The van der Waals surface area contributed by atoms with E-state index >= 15 is 0 Å². The third-order valence-corrected chi connectivity index (χ3v) is 0.407. The lowest BCUT2D eigenvalue weighted by Gasteiger charge is -1.89. The molecule has 0 aromatic heterocycles. The Bertz CT molecular complexity index is 184. The number of hydrogen-bond acceptors (Lipinski definition) is 5. The highest BCUT2D eigenvalue weighted by molar-refractivity contribution is 5.64. The van der Waals surface area contributed by atoms with Gasteiger partial charge in [-0.05, 0) is 0 Å². The van der Waals surface area contributed by atoms with Gasteiger partial charge in [0.1, 0.15) is 0 Å². The maximum absolute atomic E-state index is 10.1. The summed E-state index contributed by atoms with van der Waals surface area (Å²) < 4.78 is 7.75. The summed E-state index contributed by atoms with van der Waals surface area (Å²) in [5.41, 5.74) is 0. The maximum atomic E-state index is 10.1. The molecule has 0 unspecified atom stereocenters. The second-order valence-corrected chi connectivity index (χ2v) is 0.957. The molecule has 0 atom stereocenters. The standard InChI is InChI=1S/C5H2O5/c6-1-3-9-5(8)10-4-2-7/h3-4H. The molecule has 0 saturated carbocycles. The number of ether oxygens (including phenoxy) is 2. The van der Waals surface area contributed by atoms with Crippen LogP contribution in [0.5, 0.6) is 0 Å². The van der Waals surface area contributed by atoms with E-state index in [4.69, 9.17) is 0 Å². The predicted octanol–water partition coefficient (Wildman–Crippen LogP) is -0.170. The number of hydrogen-bond donors (Lipinski definition) is 0. The largest absolute Gasteiger partial charge is 0.519 e. The van der Waals surface area contributed by atoms with E-state index in [0.29, 0.717) is 12.5 Å². The lowest BCUT2D eigenvalue weighted by molar-refractivity contribution is 0.121. The summed E-state index contributed by atoms with van der Waals surface area (Å²) >= 11 is 0. The van der Waals surface area contributed by atoms with Gasteiger partial charge < -0.3 is 9.47 Å². The van der Waals surface area contributed by atoms with Crippen molar-refractivity contribution in [3.63, 3.8) is 0 Å². The number of carbonyl (C=O) groups excluding carboxylic acids is 3. The van der Waals surface area contributed by atoms with E-state index in [1.807, 2.05) is 0 Å². The van der Waals surface area contributed by atoms with Crippen LogP contribution >= 0.6 is 0 Å². The number of carbonyl (C=O) groups is 1. The van der Waals surface area contributed by atoms with Crippen LogP contribution in [0.2, 0.25) is 0 Å². The van der Waals surface area contributed by atoms with Crippen LogP contribution in [0.1, 0.15) is 0 Å². The monoisotopic (exact) mass is 142 g/mol. The van der Waals surface area contributed by atoms with Crippen molar-refractivity contribution in [2.75, 3.05) is 0 Å². The van der Waals surface area contributed by atoms with E-state index in [1.54, 1.807) is 0 Å². The fraction of sp³-hybridized carbons (Fsp3) is 0. The second-order valence-electron chi connectivity index (χ2n) is 0.957. The lowest BCUT2D eigenvalue weighted by atomic mass is 11.0. The molecule has 10 heavy (non-hydrogen) atoms. The van der Waals surface area contributed by atoms with Crippen LogP contribution in [-0.4, -0.2) is 18.0 Å². The molecule has 5 heteroatoms. The van der Waals surface area contributed by atoms with E-state index in [2.05, 4.69) is 9.47 Å². The van der Waals surface area contributed by atoms with Crippen LogP contribution in [-0.2, 0) is 19.1 Å². The molecule has 0 spiro atoms. The molecule has 0 aliphatic heterocycles. The average Bonchev–Trinajstić information content (AvgIpc) is 1.97. The summed E-state index contributed by atoms with van der Waals surface area (Å²) in [4.78, 5) is 28.9. The van der Waals surface area contributed by atoms with Crippen LogP contribution in [0, 0.1) is 0 Å². The number of rotatable bonds is 2. The molecule has 0 rings (SSSR count). The smallest absolute Gasteiger partial charge is 0.391 e. The third-order valence-electron chi connectivity index (χ3n) is 0.407. The molecule has 0 fully saturated rings. The Hall–Kier alpha value is -1.83. The van der Waals surface area contributed by atoms with Crippen LogP contribution in [0.25, 0.3) is 0 Å². The van der Waals surface area contributed by atoms with Crippen molar-refractivity contribution in [2.45, 2.75) is 0 Å². The Kier molecular flexibility index (Phi) is 4.34. The molecule has 0 aliphatic rings. The summed E-state index contributed by atoms with van der Waals surface area (Å²) in [7, 11) is 0. The van der Waals surface area contributed by atoms with Gasteiger partial charge >= 0.3 is 6.16 Å². The van der Waals surface area contributed by atoms with Crippen molar-refractivity contribution >= 4 is 18.0 Å². The third kappa shape index (κ3) is 4.33. The van der Waals surface area contributed by atoms with Crippen LogP contribution in [0.3, 0.4) is 0 Å². The van der Waals surface area contributed by atoms with Gasteiger partial charge in [-0.15, -0.1) is 0 Å². The van der Waals surface area contributed by atoms with E-state index in [0.717, 1.165) is 11.9 Å². The summed E-state index contributed by atoms with van der Waals surface area (Å²) in [5, 5.41) is 0. The van der Waals surface area contributed by atoms with Crippen molar-refractivity contribution in [1.29, 1.82) is 0 Å². The zero-order valence-electron chi connectivity index (χ0n) is 4.70. The highest BCUT2D eigenvalue weighted by Crippen LogP contribution is 1.82. The summed E-state index contributed by atoms with van der Waals surface area (Å²) in [6.45, 7) is 0. The Morgan fingerprint density at radius 1 is 1.10 bits per heavy atom. The fourth-order valence-corrected chi connectivity index (χ4v) is 0.172. The van der Waals surface area contributed by atoms with Gasteiger partial charge in [-0.25, -0.2) is 14.4 Å². The highest BCUT2D eigenvalue weighted by atomic mass is 16.7. The van der Waals surface area contributed by atoms with Gasteiger partial charge in [0.15, 0.2) is 24.4 Å². The Morgan fingerprint density at radius 3 is 1.80 bits per heavy atom. The minimum Gasteiger partial charge on any atom is -0.391 e. The highest BCUT2D eigenvalue weighted by Gasteiger charge is 1.96. The Morgan fingerprint density at radius 2 is 1.50 bits per heavy atom. The van der Waals surface area contributed by atoms with Gasteiger partial charge in [0, 0.05) is 0 Å². The first-order chi connectivity index (χ1) is 4.81. The SMILES string of the molecule is O=C=COC(=O)OC=C=O. The topological polar surface area (TPSA) is 69.7 Å². The van der Waals surface area contributed by atoms with Crippen molar-refractivity contribution in [3.05, 3.63) is 12.5 Å². The van der Waals surface area contributed by atoms with Crippen molar-refractivity contribution in [2.24, 2.45) is 0 Å². The minimum absolute atomic E-state index is 0.459. The van der Waals surface area contributed by atoms with Gasteiger partial charge in [0.25, 0.3) is 0 Å². The first-order valence-corrected chi connectivity index (χ1v) is 2.07. The molecule has 0 aromatic carbocycles. The average molecular weight is 142 g/mol. The minimum atomic E-state index is -1.19. The molecular weight excluding hydrogens is 140 g/mol. The van der Waals surface area contributed by atoms with Crippen molar-refractivity contribution < 1.29 is 23.9 Å². The molecule has 0 radical (unpaired) electrons. The first-order valence-electron chi connectivity index (χ1n) is 2.07. The van der Waals surface area contributed by atoms with Gasteiger partial charge in [0.2, 0.25) is 0 Å². The molecule has 0 bridgehead atoms. The summed E-state index contributed by atoms with van der Waals surface area (Å²) in [5.74, 6) is 2.33. The van der Waals surface area contributed by atoms with Gasteiger partial charge in [0.05, 0.1) is 0 Å².